The van der Waals surface area contributed by atoms with Gasteiger partial charge in [0.1, 0.15) is 0 Å². The van der Waals surface area contributed by atoms with Crippen molar-refractivity contribution < 1.29 is 4.79 Å². The predicted molar refractivity (Wildman–Crippen MR) is 74.3 cm³/mol. The monoisotopic (exact) mass is 314 g/mol. The van der Waals surface area contributed by atoms with Gasteiger partial charge in [0.25, 0.3) is 0 Å². The molecule has 1 nitrogen and oxygen atoms in total. The Morgan fingerprint density at radius 1 is 1.18 bits per heavy atom. The van der Waals surface area contributed by atoms with E-state index in [1.165, 1.54) is 18.4 Å². The number of rotatable bonds is 3. The maximum Gasteiger partial charge on any atom is 0.221 e. The zero-order chi connectivity index (χ0) is 12.3. The minimum Gasteiger partial charge on any atom is -0.281 e. The maximum atomic E-state index is 10.9. The molecule has 0 atom stereocenters. The van der Waals surface area contributed by atoms with E-state index in [9.17, 15) is 4.79 Å². The Morgan fingerprint density at radius 3 is 2.29 bits per heavy atom. The summed E-state index contributed by atoms with van der Waals surface area (Å²) >= 11 is 8.89. The zero-order valence-electron chi connectivity index (χ0n) is 9.66. The highest BCUT2D eigenvalue weighted by Gasteiger charge is 2.23. The lowest BCUT2D eigenvalue weighted by atomic mass is 9.78. The molecule has 1 fully saturated rings. The third kappa shape index (κ3) is 3.82. The third-order valence-electron chi connectivity index (χ3n) is 3.64. The first kappa shape index (κ1) is 13.1. The van der Waals surface area contributed by atoms with Crippen LogP contribution >= 0.6 is 27.5 Å². The fraction of sp³-hybridized carbons (Fsp3) is 0.500. The first-order valence-corrected chi connectivity index (χ1v) is 7.26. The molecule has 17 heavy (non-hydrogen) atoms. The number of carbonyl (C=O) groups excluding carboxylic acids is 1. The molecule has 1 aromatic rings. The van der Waals surface area contributed by atoms with Gasteiger partial charge in [-0.15, -0.1) is 0 Å². The van der Waals surface area contributed by atoms with Gasteiger partial charge >= 0.3 is 0 Å². The molecule has 0 unspecified atom stereocenters. The van der Waals surface area contributed by atoms with E-state index >= 15 is 0 Å². The van der Waals surface area contributed by atoms with Gasteiger partial charge in [0, 0.05) is 10.9 Å². The topological polar surface area (TPSA) is 17.1 Å². The first-order valence-electron chi connectivity index (χ1n) is 6.09. The van der Waals surface area contributed by atoms with Gasteiger partial charge in [-0.2, -0.15) is 0 Å². The van der Waals surface area contributed by atoms with Crippen molar-refractivity contribution in [2.45, 2.75) is 38.0 Å². The summed E-state index contributed by atoms with van der Waals surface area (Å²) in [6.07, 6.45) is 5.15. The van der Waals surface area contributed by atoms with Crippen molar-refractivity contribution in [3.05, 3.63) is 34.3 Å². The van der Waals surface area contributed by atoms with E-state index in [0.29, 0.717) is 18.3 Å². The number of carbonyl (C=O) groups is 1. The molecule has 0 N–H and O–H groups in total. The maximum absolute atomic E-state index is 10.9. The van der Waals surface area contributed by atoms with Crippen LogP contribution in [0.4, 0.5) is 0 Å². The molecule has 1 aliphatic rings. The summed E-state index contributed by atoms with van der Waals surface area (Å²) in [6, 6.07) is 8.59. The third-order valence-corrected chi connectivity index (χ3v) is 4.32. The van der Waals surface area contributed by atoms with Crippen LogP contribution in [-0.2, 0) is 4.79 Å². The highest BCUT2D eigenvalue weighted by atomic mass is 79.9. The van der Waals surface area contributed by atoms with E-state index in [1.807, 2.05) is 0 Å². The normalized spacial score (nSPS) is 24.6. The van der Waals surface area contributed by atoms with Crippen molar-refractivity contribution in [1.82, 2.24) is 0 Å². The largest absolute Gasteiger partial charge is 0.281 e. The van der Waals surface area contributed by atoms with Crippen molar-refractivity contribution in [3.8, 4) is 0 Å². The SMILES string of the molecule is O=C(Cl)C[C@H]1CC[C@H](c2ccc(Br)cc2)CC1. The van der Waals surface area contributed by atoms with Crippen molar-refractivity contribution in [2.75, 3.05) is 0 Å². The van der Waals surface area contributed by atoms with Gasteiger partial charge in [-0.1, -0.05) is 28.1 Å². The molecule has 0 saturated heterocycles. The molecular weight excluding hydrogens is 300 g/mol. The fourth-order valence-corrected chi connectivity index (χ4v) is 3.14. The van der Waals surface area contributed by atoms with E-state index in [1.54, 1.807) is 0 Å². The van der Waals surface area contributed by atoms with Crippen LogP contribution < -0.4 is 0 Å². The van der Waals surface area contributed by atoms with E-state index in [2.05, 4.69) is 40.2 Å². The second-order valence-electron chi connectivity index (χ2n) is 4.83. The molecule has 0 aliphatic heterocycles. The van der Waals surface area contributed by atoms with Crippen molar-refractivity contribution in [1.29, 1.82) is 0 Å². The van der Waals surface area contributed by atoms with Crippen molar-refractivity contribution >= 4 is 32.8 Å². The molecule has 1 aromatic carbocycles. The molecule has 0 bridgehead atoms. The average Bonchev–Trinajstić information content (AvgIpc) is 2.30. The number of benzene rings is 1. The van der Waals surface area contributed by atoms with Gasteiger partial charge in [0.15, 0.2) is 0 Å². The van der Waals surface area contributed by atoms with Crippen LogP contribution in [0.2, 0.25) is 0 Å². The molecule has 92 valence electrons. The predicted octanol–water partition coefficient (Wildman–Crippen LogP) is 4.88. The van der Waals surface area contributed by atoms with E-state index in [4.69, 9.17) is 11.6 Å². The number of hydrogen-bond acceptors (Lipinski definition) is 1. The van der Waals surface area contributed by atoms with E-state index in [0.717, 1.165) is 17.3 Å². The second kappa shape index (κ2) is 6.01. The minimum atomic E-state index is -0.183. The van der Waals surface area contributed by atoms with Crippen LogP contribution in [-0.4, -0.2) is 5.24 Å². The van der Waals surface area contributed by atoms with Crippen LogP contribution in [0.5, 0.6) is 0 Å². The molecular formula is C14H16BrClO. The summed E-state index contributed by atoms with van der Waals surface area (Å²) in [5.74, 6) is 1.16. The molecule has 0 heterocycles. The zero-order valence-corrected chi connectivity index (χ0v) is 12.0. The molecule has 0 spiro atoms. The highest BCUT2D eigenvalue weighted by molar-refractivity contribution is 9.10. The van der Waals surface area contributed by atoms with Gasteiger partial charge in [-0.05, 0) is 66.8 Å². The first-order chi connectivity index (χ1) is 8.15. The molecule has 3 heteroatoms. The summed E-state index contributed by atoms with van der Waals surface area (Å²) in [5, 5.41) is -0.183. The average molecular weight is 316 g/mol. The smallest absolute Gasteiger partial charge is 0.221 e. The van der Waals surface area contributed by atoms with Crippen LogP contribution in [0, 0.1) is 5.92 Å². The number of halogens is 2. The van der Waals surface area contributed by atoms with Crippen molar-refractivity contribution in [3.63, 3.8) is 0 Å². The Balaban J connectivity index is 1.90. The lowest BCUT2D eigenvalue weighted by molar-refractivity contribution is -0.112. The minimum absolute atomic E-state index is 0.183. The van der Waals surface area contributed by atoms with Crippen LogP contribution in [0.15, 0.2) is 28.7 Å². The van der Waals surface area contributed by atoms with Crippen molar-refractivity contribution in [2.24, 2.45) is 5.92 Å². The quantitative estimate of drug-likeness (QED) is 0.727. The van der Waals surface area contributed by atoms with Crippen LogP contribution in [0.3, 0.4) is 0 Å². The van der Waals surface area contributed by atoms with E-state index in [-0.39, 0.29) is 5.24 Å². The van der Waals surface area contributed by atoms with Gasteiger partial charge < -0.3 is 0 Å². The van der Waals surface area contributed by atoms with Crippen LogP contribution in [0.1, 0.15) is 43.6 Å². The molecule has 1 aliphatic carbocycles. The Hall–Kier alpha value is -0.340. The summed E-state index contributed by atoms with van der Waals surface area (Å²) in [7, 11) is 0. The lowest BCUT2D eigenvalue weighted by Gasteiger charge is -2.28. The Kier molecular flexibility index (Phi) is 4.63. The molecule has 1 saturated carbocycles. The Labute approximate surface area is 116 Å². The second-order valence-corrected chi connectivity index (χ2v) is 6.17. The summed E-state index contributed by atoms with van der Waals surface area (Å²) < 4.78 is 1.13. The molecule has 0 radical (unpaired) electrons. The Bertz CT molecular complexity index is 380. The summed E-state index contributed by atoms with van der Waals surface area (Å²) in [5.41, 5.74) is 1.42. The molecule has 0 aromatic heterocycles. The van der Waals surface area contributed by atoms with Gasteiger partial charge in [-0.25, -0.2) is 0 Å². The van der Waals surface area contributed by atoms with Crippen LogP contribution in [0.25, 0.3) is 0 Å². The van der Waals surface area contributed by atoms with Gasteiger partial charge in [-0.3, -0.25) is 4.79 Å². The fourth-order valence-electron chi connectivity index (χ4n) is 2.66. The van der Waals surface area contributed by atoms with Gasteiger partial charge in [0.05, 0.1) is 0 Å². The molecule has 0 amide bonds. The highest BCUT2D eigenvalue weighted by Crippen LogP contribution is 2.37. The lowest BCUT2D eigenvalue weighted by Crippen LogP contribution is -2.15. The number of hydrogen-bond donors (Lipinski definition) is 0. The van der Waals surface area contributed by atoms with Gasteiger partial charge in [0.2, 0.25) is 5.24 Å². The Morgan fingerprint density at radius 2 is 1.76 bits per heavy atom. The standard InChI is InChI=1S/C14H16BrClO/c15-13-7-5-12(6-8-13)11-3-1-10(2-4-11)9-14(16)17/h5-8,10-11H,1-4,9H2/t10-,11-. The molecule has 2 rings (SSSR count). The summed E-state index contributed by atoms with van der Waals surface area (Å²) in [6.45, 7) is 0. The van der Waals surface area contributed by atoms with E-state index < -0.39 is 0 Å². The summed E-state index contributed by atoms with van der Waals surface area (Å²) in [4.78, 5) is 10.9.